The summed E-state index contributed by atoms with van der Waals surface area (Å²) < 4.78 is 57.0. The minimum atomic E-state index is -4.97. The molecule has 0 aliphatic heterocycles. The fourth-order valence-corrected chi connectivity index (χ4v) is 3.69. The maximum absolute atomic E-state index is 14.1. The third-order valence-corrected chi connectivity index (χ3v) is 5.17. The Kier molecular flexibility index (Phi) is 5.40. The van der Waals surface area contributed by atoms with Gasteiger partial charge in [0.25, 0.3) is 5.91 Å². The van der Waals surface area contributed by atoms with Gasteiger partial charge in [0.2, 0.25) is 0 Å². The number of nitrogens with one attached hydrogen (secondary N) is 1. The van der Waals surface area contributed by atoms with Crippen LogP contribution in [-0.4, -0.2) is 40.6 Å². The zero-order chi connectivity index (χ0) is 24.7. The molecule has 1 aromatic carbocycles. The first-order chi connectivity index (χ1) is 16.7. The van der Waals surface area contributed by atoms with E-state index < -0.39 is 29.2 Å². The van der Waals surface area contributed by atoms with Crippen molar-refractivity contribution in [1.29, 1.82) is 0 Å². The predicted molar refractivity (Wildman–Crippen MR) is 116 cm³/mol. The predicted octanol–water partition coefficient (Wildman–Crippen LogP) is 4.46. The van der Waals surface area contributed by atoms with Crippen molar-refractivity contribution >= 4 is 34.1 Å². The minimum absolute atomic E-state index is 0.0354. The molecule has 0 unspecified atom stereocenters. The Morgan fingerprint density at radius 3 is 2.49 bits per heavy atom. The molecule has 176 valence electrons. The first-order valence-corrected chi connectivity index (χ1v) is 10.1. The summed E-state index contributed by atoms with van der Waals surface area (Å²) in [6.45, 7) is 0. The Balaban J connectivity index is 1.54. The van der Waals surface area contributed by atoms with Gasteiger partial charge in [-0.2, -0.15) is 28.5 Å². The molecule has 1 amide bonds. The van der Waals surface area contributed by atoms with Crippen LogP contribution in [0, 0.1) is 5.82 Å². The van der Waals surface area contributed by atoms with Gasteiger partial charge < -0.3 is 5.32 Å². The summed E-state index contributed by atoms with van der Waals surface area (Å²) in [4.78, 5) is 21.9. The number of amides is 1. The summed E-state index contributed by atoms with van der Waals surface area (Å²) in [5, 5.41) is 14.0. The number of carbonyl (C=O) groups excluding carboxylic acids is 1. The summed E-state index contributed by atoms with van der Waals surface area (Å²) in [6, 6.07) is 6.27. The van der Waals surface area contributed by atoms with E-state index in [0.29, 0.717) is 4.68 Å². The molecule has 1 N–H and O–H groups in total. The van der Waals surface area contributed by atoms with Gasteiger partial charge in [0, 0.05) is 11.6 Å². The monoisotopic (exact) mass is 502 g/mol. The first kappa shape index (κ1) is 22.4. The highest BCUT2D eigenvalue weighted by atomic mass is 35.5. The number of halogens is 5. The first-order valence-electron chi connectivity index (χ1n) is 9.76. The van der Waals surface area contributed by atoms with E-state index in [9.17, 15) is 22.4 Å². The quantitative estimate of drug-likeness (QED) is 0.364. The van der Waals surface area contributed by atoms with Crippen molar-refractivity contribution in [3.63, 3.8) is 0 Å². The lowest BCUT2D eigenvalue weighted by molar-refractivity contribution is -0.143. The van der Waals surface area contributed by atoms with Crippen LogP contribution >= 0.6 is 11.6 Å². The molecule has 0 saturated heterocycles. The fourth-order valence-electron chi connectivity index (χ4n) is 3.45. The smallest absolute Gasteiger partial charge is 0.320 e. The number of hydrogen-bond donors (Lipinski definition) is 1. The molecule has 0 saturated carbocycles. The van der Waals surface area contributed by atoms with Gasteiger partial charge in [0.1, 0.15) is 11.3 Å². The molecule has 5 rings (SSSR count). The third-order valence-electron chi connectivity index (χ3n) is 4.90. The molecule has 0 atom stereocenters. The average Bonchev–Trinajstić information content (AvgIpc) is 3.50. The highest BCUT2D eigenvalue weighted by Crippen LogP contribution is 2.36. The molecule has 0 aliphatic carbocycles. The van der Waals surface area contributed by atoms with Crippen molar-refractivity contribution in [1.82, 2.24) is 34.7 Å². The summed E-state index contributed by atoms with van der Waals surface area (Å²) in [5.41, 5.74) is -2.29. The molecule has 35 heavy (non-hydrogen) atoms. The van der Waals surface area contributed by atoms with Crippen LogP contribution in [0.15, 0.2) is 61.3 Å². The Morgan fingerprint density at radius 1 is 1.00 bits per heavy atom. The average molecular weight is 503 g/mol. The van der Waals surface area contributed by atoms with E-state index in [1.807, 2.05) is 0 Å². The molecule has 0 aliphatic rings. The lowest BCUT2D eigenvalue weighted by Crippen LogP contribution is -2.21. The van der Waals surface area contributed by atoms with E-state index in [-0.39, 0.29) is 33.1 Å². The zero-order valence-electron chi connectivity index (χ0n) is 17.2. The molecule has 0 radical (unpaired) electrons. The van der Waals surface area contributed by atoms with Gasteiger partial charge in [0.15, 0.2) is 11.5 Å². The maximum Gasteiger partial charge on any atom is 0.434 e. The van der Waals surface area contributed by atoms with Crippen LogP contribution in [0.25, 0.3) is 22.4 Å². The second kappa shape index (κ2) is 8.43. The standard InChI is InChI=1S/C21H11ClF4N8O/c22-14-8-11(9-28-19(14)34-29-6-7-30-34)32-20(35)13-10-31-33(18(13)21(24,25)26)16-4-3-15(23)17-12(16)2-1-5-27-17/h1-10H,(H,32,35). The Morgan fingerprint density at radius 2 is 1.77 bits per heavy atom. The SMILES string of the molecule is O=C(Nc1cnc(-n2nccn2)c(Cl)c1)c1cnn(-c2ccc(F)c3ncccc23)c1C(F)(F)F. The van der Waals surface area contributed by atoms with Gasteiger partial charge >= 0.3 is 6.18 Å². The molecule has 9 nitrogen and oxygen atoms in total. The van der Waals surface area contributed by atoms with Crippen molar-refractivity contribution in [2.24, 2.45) is 0 Å². The largest absolute Gasteiger partial charge is 0.434 e. The number of aromatic nitrogens is 7. The molecule has 5 aromatic rings. The number of nitrogens with zero attached hydrogens (tertiary/aromatic N) is 7. The normalized spacial score (nSPS) is 11.7. The maximum atomic E-state index is 14.1. The molecule has 4 heterocycles. The van der Waals surface area contributed by atoms with E-state index in [0.717, 1.165) is 23.1 Å². The summed E-state index contributed by atoms with van der Waals surface area (Å²) in [5.74, 6) is -1.65. The number of rotatable bonds is 4. The molecule has 0 fully saturated rings. The summed E-state index contributed by atoms with van der Waals surface area (Å²) >= 11 is 6.16. The van der Waals surface area contributed by atoms with Gasteiger partial charge in [-0.3, -0.25) is 9.78 Å². The van der Waals surface area contributed by atoms with Crippen molar-refractivity contribution in [2.75, 3.05) is 5.32 Å². The third kappa shape index (κ3) is 4.05. The van der Waals surface area contributed by atoms with Crippen LogP contribution in [0.4, 0.5) is 23.2 Å². The van der Waals surface area contributed by atoms with E-state index in [2.05, 4.69) is 30.6 Å². The Labute approximate surface area is 198 Å². The van der Waals surface area contributed by atoms with Crippen LogP contribution in [0.3, 0.4) is 0 Å². The van der Waals surface area contributed by atoms with E-state index >= 15 is 0 Å². The van der Waals surface area contributed by atoms with E-state index in [1.54, 1.807) is 0 Å². The minimum Gasteiger partial charge on any atom is -0.320 e. The molecular formula is C21H11ClF4N8O. The van der Waals surface area contributed by atoms with Crippen molar-refractivity contribution < 1.29 is 22.4 Å². The van der Waals surface area contributed by atoms with Crippen LogP contribution in [0.5, 0.6) is 0 Å². The number of carbonyl (C=O) groups is 1. The zero-order valence-corrected chi connectivity index (χ0v) is 18.0. The van der Waals surface area contributed by atoms with E-state index in [1.165, 1.54) is 43.0 Å². The second-order valence-corrected chi connectivity index (χ2v) is 7.49. The highest BCUT2D eigenvalue weighted by Gasteiger charge is 2.41. The lowest BCUT2D eigenvalue weighted by atomic mass is 10.1. The highest BCUT2D eigenvalue weighted by molar-refractivity contribution is 6.32. The number of anilines is 1. The lowest BCUT2D eigenvalue weighted by Gasteiger charge is -2.14. The Bertz CT molecular complexity index is 1570. The fraction of sp³-hybridized carbons (Fsp3) is 0.0476. The van der Waals surface area contributed by atoms with Gasteiger partial charge in [-0.15, -0.1) is 4.80 Å². The van der Waals surface area contributed by atoms with Crippen molar-refractivity contribution in [3.05, 3.63) is 83.4 Å². The van der Waals surface area contributed by atoms with Crippen molar-refractivity contribution in [3.8, 4) is 11.5 Å². The van der Waals surface area contributed by atoms with Gasteiger partial charge in [-0.05, 0) is 30.3 Å². The molecule has 0 spiro atoms. The van der Waals surface area contributed by atoms with Crippen LogP contribution in [0.2, 0.25) is 5.02 Å². The van der Waals surface area contributed by atoms with Crippen LogP contribution in [-0.2, 0) is 6.18 Å². The van der Waals surface area contributed by atoms with Crippen LogP contribution < -0.4 is 5.32 Å². The number of fused-ring (bicyclic) bond motifs is 1. The molecular weight excluding hydrogens is 492 g/mol. The number of hydrogen-bond acceptors (Lipinski definition) is 6. The van der Waals surface area contributed by atoms with Gasteiger partial charge in [-0.1, -0.05) is 11.6 Å². The van der Waals surface area contributed by atoms with Gasteiger partial charge in [-0.25, -0.2) is 14.1 Å². The van der Waals surface area contributed by atoms with E-state index in [4.69, 9.17) is 11.6 Å². The topological polar surface area (TPSA) is 103 Å². The second-order valence-electron chi connectivity index (χ2n) is 7.08. The summed E-state index contributed by atoms with van der Waals surface area (Å²) in [7, 11) is 0. The number of pyridine rings is 2. The molecule has 4 aromatic heterocycles. The van der Waals surface area contributed by atoms with Crippen LogP contribution in [0.1, 0.15) is 16.1 Å². The van der Waals surface area contributed by atoms with Gasteiger partial charge in [0.05, 0.1) is 46.7 Å². The Hall–Kier alpha value is -4.39. The number of benzene rings is 1. The number of alkyl halides is 3. The van der Waals surface area contributed by atoms with Crippen molar-refractivity contribution in [2.45, 2.75) is 6.18 Å². The summed E-state index contributed by atoms with van der Waals surface area (Å²) in [6.07, 6.45) is 1.13. The molecule has 0 bridgehead atoms. The molecule has 14 heteroatoms.